The van der Waals surface area contributed by atoms with Gasteiger partial charge in [0.05, 0.1) is 24.4 Å². The van der Waals surface area contributed by atoms with Gasteiger partial charge < -0.3 is 29.9 Å². The van der Waals surface area contributed by atoms with Crippen LogP contribution in [0.4, 0.5) is 22.0 Å². The maximum absolute atomic E-state index is 14.2. The summed E-state index contributed by atoms with van der Waals surface area (Å²) in [4.78, 5) is 14.8. The van der Waals surface area contributed by atoms with E-state index in [1.54, 1.807) is 30.3 Å². The quantitative estimate of drug-likeness (QED) is 0.0743. The summed E-state index contributed by atoms with van der Waals surface area (Å²) in [7, 11) is 0. The van der Waals surface area contributed by atoms with Gasteiger partial charge in [-0.2, -0.15) is 0 Å². The Morgan fingerprint density at radius 3 is 2.04 bits per heavy atom. The van der Waals surface area contributed by atoms with E-state index in [9.17, 15) is 37.0 Å². The predicted octanol–water partition coefficient (Wildman–Crippen LogP) is 8.90. The number of benzene rings is 5. The number of hydrogen-bond donors (Lipinski definition) is 3. The van der Waals surface area contributed by atoms with Crippen LogP contribution in [-0.4, -0.2) is 46.8 Å². The molecule has 2 aliphatic heterocycles. The van der Waals surface area contributed by atoms with Gasteiger partial charge in [0.15, 0.2) is 29.6 Å². The Balaban J connectivity index is 1.06. The molecular weight excluding hydrogens is 767 g/mol. The normalized spacial score (nSPS) is 21.0. The van der Waals surface area contributed by atoms with E-state index >= 15 is 0 Å². The third kappa shape index (κ3) is 8.62. The zero-order valence-corrected chi connectivity index (χ0v) is 31.6. The number of halogens is 6. The average molecular weight is 807 g/mol. The third-order valence-corrected chi connectivity index (χ3v) is 11.2. The maximum Gasteiger partial charge on any atom is 0.257 e. The fourth-order valence-electron chi connectivity index (χ4n) is 7.51. The number of nitrogens with one attached hydrogen (secondary N) is 1. The van der Waals surface area contributed by atoms with Gasteiger partial charge in [0, 0.05) is 42.7 Å². The van der Waals surface area contributed by atoms with E-state index in [1.807, 2.05) is 66.7 Å². The van der Waals surface area contributed by atoms with Crippen molar-refractivity contribution in [2.45, 2.75) is 57.0 Å². The monoisotopic (exact) mass is 806 g/mol. The lowest BCUT2D eigenvalue weighted by molar-refractivity contribution is -0.277. The van der Waals surface area contributed by atoms with Crippen molar-refractivity contribution in [1.82, 2.24) is 10.2 Å². The molecule has 2 saturated heterocycles. The number of amides is 1. The number of hydrogen-bond acceptors (Lipinski definition) is 6. The Morgan fingerprint density at radius 1 is 0.789 bits per heavy atom. The summed E-state index contributed by atoms with van der Waals surface area (Å²) in [5.74, 6) is -12.6. The first kappa shape index (κ1) is 40.5. The molecular formula is C44H40ClF5N2O5. The molecule has 5 aromatic rings. The van der Waals surface area contributed by atoms with Crippen molar-refractivity contribution < 1.29 is 46.4 Å². The number of piperidine rings is 1. The summed E-state index contributed by atoms with van der Waals surface area (Å²) >= 11 is 6.08. The molecule has 7 nitrogen and oxygen atoms in total. The Hall–Kier alpha value is -4.69. The molecule has 0 spiro atoms. The summed E-state index contributed by atoms with van der Waals surface area (Å²) < 4.78 is 82.5. The van der Waals surface area contributed by atoms with Crippen molar-refractivity contribution >= 4 is 17.5 Å². The fraction of sp³-hybridized carbons (Fsp3) is 0.295. The predicted molar refractivity (Wildman–Crippen MR) is 203 cm³/mol. The van der Waals surface area contributed by atoms with Crippen LogP contribution in [0.1, 0.15) is 70.3 Å². The molecule has 2 heterocycles. The minimum Gasteiger partial charge on any atom is -0.392 e. The van der Waals surface area contributed by atoms with E-state index < -0.39 is 52.4 Å². The number of nitrogens with zero attached hydrogens (tertiary/aromatic N) is 1. The van der Waals surface area contributed by atoms with Crippen LogP contribution in [0, 0.1) is 35.0 Å². The minimum atomic E-state index is -2.34. The van der Waals surface area contributed by atoms with E-state index in [1.165, 1.54) is 0 Å². The zero-order chi connectivity index (χ0) is 40.4. The molecule has 0 saturated carbocycles. The van der Waals surface area contributed by atoms with Crippen LogP contribution < -0.4 is 5.32 Å². The molecule has 0 bridgehead atoms. The summed E-state index contributed by atoms with van der Waals surface area (Å²) in [6, 6.07) is 29.5. The molecule has 1 amide bonds. The number of likely N-dealkylation sites (tertiary alicyclic amines) is 1. The second kappa shape index (κ2) is 17.0. The molecule has 0 radical (unpaired) electrons. The van der Waals surface area contributed by atoms with Crippen LogP contribution in [0.5, 0.6) is 0 Å². The first-order valence-electron chi connectivity index (χ1n) is 18.6. The van der Waals surface area contributed by atoms with Crippen LogP contribution in [-0.2, 0) is 28.2 Å². The summed E-state index contributed by atoms with van der Waals surface area (Å²) in [5, 5.41) is 24.0. The van der Waals surface area contributed by atoms with Gasteiger partial charge in [0.25, 0.3) is 5.91 Å². The van der Waals surface area contributed by atoms with Gasteiger partial charge in [-0.1, -0.05) is 97.4 Å². The number of aliphatic hydroxyl groups excluding tert-OH is 1. The average Bonchev–Trinajstić information content (AvgIpc) is 3.23. The summed E-state index contributed by atoms with van der Waals surface area (Å²) in [6.07, 6.45) is -0.162. The minimum absolute atomic E-state index is 0.0464. The van der Waals surface area contributed by atoms with Crippen molar-refractivity contribution in [3.63, 3.8) is 0 Å². The molecule has 0 aromatic heterocycles. The van der Waals surface area contributed by atoms with Crippen LogP contribution in [0.3, 0.4) is 0 Å². The van der Waals surface area contributed by atoms with Gasteiger partial charge in [-0.25, -0.2) is 22.0 Å². The molecule has 57 heavy (non-hydrogen) atoms. The zero-order valence-electron chi connectivity index (χ0n) is 30.8. The summed E-state index contributed by atoms with van der Waals surface area (Å²) in [6.45, 7) is 3.74. The Bertz CT molecular complexity index is 2190. The number of carbonyl (C=O) groups excluding carboxylic acids is 1. The molecule has 0 unspecified atom stereocenters. The van der Waals surface area contributed by atoms with Crippen molar-refractivity contribution in [2.75, 3.05) is 19.6 Å². The van der Waals surface area contributed by atoms with Gasteiger partial charge in [-0.3, -0.25) is 4.79 Å². The molecule has 2 aliphatic rings. The van der Waals surface area contributed by atoms with Crippen LogP contribution in [0.15, 0.2) is 97.1 Å². The molecule has 0 aliphatic carbocycles. The Morgan fingerprint density at radius 2 is 1.40 bits per heavy atom. The largest absolute Gasteiger partial charge is 0.392 e. The van der Waals surface area contributed by atoms with Gasteiger partial charge in [0.1, 0.15) is 5.56 Å². The summed E-state index contributed by atoms with van der Waals surface area (Å²) in [5.41, 5.74) is 2.93. The third-order valence-electron chi connectivity index (χ3n) is 11.0. The van der Waals surface area contributed by atoms with E-state index in [2.05, 4.69) is 17.1 Å². The molecule has 3 N–H and O–H groups in total. The van der Waals surface area contributed by atoms with Crippen LogP contribution >= 0.6 is 11.6 Å². The first-order valence-corrected chi connectivity index (χ1v) is 18.9. The highest BCUT2D eigenvalue weighted by molar-refractivity contribution is 6.30. The number of aliphatic hydroxyl groups is 2. The lowest BCUT2D eigenvalue weighted by atomic mass is 9.84. The second-order valence-corrected chi connectivity index (χ2v) is 15.0. The molecule has 2 fully saturated rings. The number of carbonyl (C=O) groups is 1. The van der Waals surface area contributed by atoms with Crippen molar-refractivity contribution in [2.24, 2.45) is 5.92 Å². The molecule has 298 valence electrons. The standard InChI is InChI=1S/C44H40ClF5N2O5/c1-25-34(23-52-19-17-44(55,18-20-52)32-13-15-33(45)16-14-32)56-43(57-41(25)29-7-5-26(24-53)6-8-29)30-11-9-28(10-12-30)31-4-2-3-27(21-31)22-51-42(54)35-36(46)38(48)40(50)39(49)37(35)47/h2-16,21,25,34,41,43,53,55H,17-20,22-24H2,1H3,(H,51,54)/t25-,34+,41+,43+/m0/s1. The van der Waals surface area contributed by atoms with E-state index in [-0.39, 0.29) is 31.3 Å². The lowest BCUT2D eigenvalue weighted by Crippen LogP contribution is -2.49. The van der Waals surface area contributed by atoms with Crippen molar-refractivity contribution in [3.05, 3.63) is 165 Å². The number of ether oxygens (including phenoxy) is 2. The maximum atomic E-state index is 14.2. The van der Waals surface area contributed by atoms with Gasteiger partial charge in [-0.05, 0) is 64.4 Å². The topological polar surface area (TPSA) is 91.3 Å². The smallest absolute Gasteiger partial charge is 0.257 e. The van der Waals surface area contributed by atoms with E-state index in [0.717, 1.165) is 33.4 Å². The van der Waals surface area contributed by atoms with Gasteiger partial charge in [0.2, 0.25) is 5.82 Å². The molecule has 5 aromatic carbocycles. The van der Waals surface area contributed by atoms with Gasteiger partial charge >= 0.3 is 0 Å². The second-order valence-electron chi connectivity index (χ2n) is 14.6. The highest BCUT2D eigenvalue weighted by Gasteiger charge is 2.41. The van der Waals surface area contributed by atoms with E-state index in [0.29, 0.717) is 43.1 Å². The number of rotatable bonds is 10. The van der Waals surface area contributed by atoms with Crippen LogP contribution in [0.25, 0.3) is 11.1 Å². The lowest BCUT2D eigenvalue weighted by Gasteiger charge is -2.45. The first-order chi connectivity index (χ1) is 27.3. The van der Waals surface area contributed by atoms with Crippen molar-refractivity contribution in [1.29, 1.82) is 0 Å². The fourth-order valence-corrected chi connectivity index (χ4v) is 7.63. The Kier molecular flexibility index (Phi) is 12.1. The molecule has 7 rings (SSSR count). The van der Waals surface area contributed by atoms with E-state index in [4.69, 9.17) is 21.1 Å². The highest BCUT2D eigenvalue weighted by atomic mass is 35.5. The SMILES string of the molecule is C[C@H]1[C@@H](CN2CCC(O)(c3ccc(Cl)cc3)CC2)O[C@@H](c2ccc(-c3cccc(CNC(=O)c4c(F)c(F)c(F)c(F)c4F)c3)cc2)O[C@H]1c1ccc(CO)cc1. The molecule has 13 heteroatoms. The highest BCUT2D eigenvalue weighted by Crippen LogP contribution is 2.43. The Labute approximate surface area is 331 Å². The van der Waals surface area contributed by atoms with Crippen molar-refractivity contribution in [3.8, 4) is 11.1 Å². The van der Waals surface area contributed by atoms with Gasteiger partial charge in [-0.15, -0.1) is 0 Å². The van der Waals surface area contributed by atoms with Crippen LogP contribution in [0.2, 0.25) is 5.02 Å². The molecule has 4 atom stereocenters.